The van der Waals surface area contributed by atoms with Gasteiger partial charge < -0.3 is 19.9 Å². The Morgan fingerprint density at radius 2 is 2.10 bits per heavy atom. The van der Waals surface area contributed by atoms with Gasteiger partial charge in [0, 0.05) is 34.2 Å². The van der Waals surface area contributed by atoms with Gasteiger partial charge in [-0.2, -0.15) is 0 Å². The first kappa shape index (κ1) is 15.4. The Bertz CT molecular complexity index is 564. The molecule has 7 heteroatoms. The number of ether oxygens (including phenoxy) is 1. The number of hydrogen-bond donors (Lipinski definition) is 2. The fourth-order valence-electron chi connectivity index (χ4n) is 2.15. The van der Waals surface area contributed by atoms with E-state index < -0.39 is 0 Å². The second kappa shape index (κ2) is 7.11. The second-order valence-electron chi connectivity index (χ2n) is 4.71. The van der Waals surface area contributed by atoms with Gasteiger partial charge in [-0.05, 0) is 5.92 Å². The van der Waals surface area contributed by atoms with Crippen molar-refractivity contribution in [3.05, 3.63) is 11.5 Å². The average Bonchev–Trinajstić information content (AvgIpc) is 2.84. The molecule has 1 aliphatic heterocycles. The van der Waals surface area contributed by atoms with Crippen molar-refractivity contribution >= 4 is 11.7 Å². The first-order valence-corrected chi connectivity index (χ1v) is 6.93. The maximum atomic E-state index is 11.9. The van der Waals surface area contributed by atoms with Crippen LogP contribution in [0.25, 0.3) is 0 Å². The molecule has 0 spiro atoms. The fraction of sp³-hybridized carbons (Fsp3) is 0.571. The standard InChI is InChI=1S/C14H21N5O2/c1-15-13-12(14(20)16-2)18(3)11(17-13)5-4-6-19-7-9-21-10-8-19/h15H,6-10H2,1-3H3,(H,16,20). The van der Waals surface area contributed by atoms with Crippen LogP contribution in [-0.4, -0.2) is 67.3 Å². The van der Waals surface area contributed by atoms with E-state index in [0.717, 1.165) is 26.3 Å². The van der Waals surface area contributed by atoms with Crippen LogP contribution in [0.2, 0.25) is 0 Å². The number of nitrogens with zero attached hydrogens (tertiary/aromatic N) is 3. The lowest BCUT2D eigenvalue weighted by Crippen LogP contribution is -2.36. The molecule has 114 valence electrons. The molecule has 1 fully saturated rings. The highest BCUT2D eigenvalue weighted by molar-refractivity contribution is 5.97. The monoisotopic (exact) mass is 291 g/mol. The molecule has 0 unspecified atom stereocenters. The molecule has 1 aromatic heterocycles. The third-order valence-corrected chi connectivity index (χ3v) is 3.38. The molecule has 1 aliphatic rings. The molecular formula is C14H21N5O2. The number of carbonyl (C=O) groups excluding carboxylic acids is 1. The van der Waals surface area contributed by atoms with Crippen molar-refractivity contribution in [2.24, 2.45) is 7.05 Å². The quantitative estimate of drug-likeness (QED) is 0.735. The summed E-state index contributed by atoms with van der Waals surface area (Å²) in [5.41, 5.74) is 0.482. The zero-order valence-electron chi connectivity index (χ0n) is 12.7. The molecule has 0 saturated carbocycles. The molecule has 21 heavy (non-hydrogen) atoms. The van der Waals surface area contributed by atoms with Gasteiger partial charge in [0.25, 0.3) is 5.91 Å². The molecule has 0 aromatic carbocycles. The number of carbonyl (C=O) groups is 1. The van der Waals surface area contributed by atoms with E-state index in [-0.39, 0.29) is 5.91 Å². The molecule has 1 aromatic rings. The van der Waals surface area contributed by atoms with Gasteiger partial charge in [-0.1, -0.05) is 5.92 Å². The predicted molar refractivity (Wildman–Crippen MR) is 80.3 cm³/mol. The van der Waals surface area contributed by atoms with Crippen molar-refractivity contribution in [2.45, 2.75) is 0 Å². The van der Waals surface area contributed by atoms with Crippen molar-refractivity contribution in [3.63, 3.8) is 0 Å². The first-order chi connectivity index (χ1) is 10.2. The number of hydrogen-bond acceptors (Lipinski definition) is 5. The highest BCUT2D eigenvalue weighted by Crippen LogP contribution is 2.14. The molecule has 0 atom stereocenters. The molecule has 0 aliphatic carbocycles. The summed E-state index contributed by atoms with van der Waals surface area (Å²) in [5.74, 6) is 7.07. The number of amides is 1. The topological polar surface area (TPSA) is 71.4 Å². The summed E-state index contributed by atoms with van der Waals surface area (Å²) in [6.45, 7) is 4.00. The summed E-state index contributed by atoms with van der Waals surface area (Å²) >= 11 is 0. The Kier molecular flexibility index (Phi) is 5.20. The molecule has 2 heterocycles. The third kappa shape index (κ3) is 3.54. The largest absolute Gasteiger partial charge is 0.379 e. The van der Waals surface area contributed by atoms with Crippen LogP contribution in [0.15, 0.2) is 0 Å². The molecule has 1 amide bonds. The number of aromatic nitrogens is 2. The van der Waals surface area contributed by atoms with Crippen molar-refractivity contribution < 1.29 is 9.53 Å². The highest BCUT2D eigenvalue weighted by Gasteiger charge is 2.18. The van der Waals surface area contributed by atoms with Crippen LogP contribution in [-0.2, 0) is 11.8 Å². The van der Waals surface area contributed by atoms with Crippen molar-refractivity contribution in [1.82, 2.24) is 19.8 Å². The van der Waals surface area contributed by atoms with E-state index in [1.54, 1.807) is 25.7 Å². The Hall–Kier alpha value is -2.04. The van der Waals surface area contributed by atoms with E-state index in [0.29, 0.717) is 23.9 Å². The minimum absolute atomic E-state index is 0.185. The summed E-state index contributed by atoms with van der Waals surface area (Å²) < 4.78 is 7.00. The summed E-state index contributed by atoms with van der Waals surface area (Å²) in [7, 11) is 5.12. The normalized spacial score (nSPS) is 15.2. The Labute approximate surface area is 124 Å². The molecule has 1 saturated heterocycles. The molecular weight excluding hydrogens is 270 g/mol. The summed E-state index contributed by atoms with van der Waals surface area (Å²) in [6.07, 6.45) is 0. The maximum Gasteiger partial charge on any atom is 0.271 e. The van der Waals surface area contributed by atoms with Gasteiger partial charge in [0.2, 0.25) is 0 Å². The molecule has 2 N–H and O–H groups in total. The Balaban J connectivity index is 2.13. The Morgan fingerprint density at radius 1 is 1.38 bits per heavy atom. The lowest BCUT2D eigenvalue weighted by molar-refractivity contribution is 0.0443. The van der Waals surface area contributed by atoms with E-state index in [1.165, 1.54) is 0 Å². The van der Waals surface area contributed by atoms with Crippen LogP contribution >= 0.6 is 0 Å². The summed E-state index contributed by atoms with van der Waals surface area (Å²) in [6, 6.07) is 0. The predicted octanol–water partition coefficient (Wildman–Crippen LogP) is -0.495. The van der Waals surface area contributed by atoms with Crippen molar-refractivity contribution in [3.8, 4) is 11.8 Å². The lowest BCUT2D eigenvalue weighted by atomic mass is 10.4. The van der Waals surface area contributed by atoms with Crippen LogP contribution in [0, 0.1) is 11.8 Å². The molecule has 0 bridgehead atoms. The number of morpholine rings is 1. The summed E-state index contributed by atoms with van der Waals surface area (Å²) in [4.78, 5) is 18.5. The number of anilines is 1. The van der Waals surface area contributed by atoms with Crippen LogP contribution in [0.3, 0.4) is 0 Å². The van der Waals surface area contributed by atoms with Gasteiger partial charge in [-0.15, -0.1) is 0 Å². The van der Waals surface area contributed by atoms with Crippen LogP contribution in [0.5, 0.6) is 0 Å². The SMILES string of the molecule is CNC(=O)c1c(NC)nc(C#CCN2CCOCC2)n1C. The van der Waals surface area contributed by atoms with E-state index in [2.05, 4.69) is 32.4 Å². The first-order valence-electron chi connectivity index (χ1n) is 6.93. The number of rotatable bonds is 3. The van der Waals surface area contributed by atoms with Crippen molar-refractivity contribution in [2.75, 3.05) is 52.3 Å². The number of imidazole rings is 1. The van der Waals surface area contributed by atoms with Gasteiger partial charge in [-0.3, -0.25) is 9.69 Å². The zero-order chi connectivity index (χ0) is 15.2. The summed E-state index contributed by atoms with van der Waals surface area (Å²) in [5, 5.41) is 5.53. The average molecular weight is 291 g/mol. The van der Waals surface area contributed by atoms with Gasteiger partial charge in [0.05, 0.1) is 19.8 Å². The minimum Gasteiger partial charge on any atom is -0.379 e. The second-order valence-corrected chi connectivity index (χ2v) is 4.71. The Morgan fingerprint density at radius 3 is 2.71 bits per heavy atom. The van der Waals surface area contributed by atoms with Gasteiger partial charge in [0.1, 0.15) is 0 Å². The van der Waals surface area contributed by atoms with E-state index in [9.17, 15) is 4.79 Å². The molecule has 0 radical (unpaired) electrons. The maximum absolute atomic E-state index is 11.9. The number of nitrogens with one attached hydrogen (secondary N) is 2. The van der Waals surface area contributed by atoms with E-state index in [4.69, 9.17) is 4.74 Å². The third-order valence-electron chi connectivity index (χ3n) is 3.38. The molecule has 7 nitrogen and oxygen atoms in total. The lowest BCUT2D eigenvalue weighted by Gasteiger charge is -2.24. The van der Waals surface area contributed by atoms with Gasteiger partial charge in [0.15, 0.2) is 17.3 Å². The molecule has 2 rings (SSSR count). The minimum atomic E-state index is -0.185. The van der Waals surface area contributed by atoms with E-state index >= 15 is 0 Å². The smallest absolute Gasteiger partial charge is 0.271 e. The van der Waals surface area contributed by atoms with Crippen LogP contribution in [0.1, 0.15) is 16.3 Å². The van der Waals surface area contributed by atoms with Crippen LogP contribution in [0.4, 0.5) is 5.82 Å². The fourth-order valence-corrected chi connectivity index (χ4v) is 2.15. The van der Waals surface area contributed by atoms with E-state index in [1.807, 2.05) is 0 Å². The van der Waals surface area contributed by atoms with Gasteiger partial charge >= 0.3 is 0 Å². The van der Waals surface area contributed by atoms with Crippen molar-refractivity contribution in [1.29, 1.82) is 0 Å². The van der Waals surface area contributed by atoms with Crippen LogP contribution < -0.4 is 10.6 Å². The van der Waals surface area contributed by atoms with Gasteiger partial charge in [-0.25, -0.2) is 4.98 Å². The zero-order valence-corrected chi connectivity index (χ0v) is 12.7. The highest BCUT2D eigenvalue weighted by atomic mass is 16.5.